The van der Waals surface area contributed by atoms with Gasteiger partial charge in [-0.2, -0.15) is 0 Å². The molecule has 18 heavy (non-hydrogen) atoms. The molecule has 0 aliphatic heterocycles. The molecule has 0 heterocycles. The monoisotopic (exact) mass is 315 g/mol. The van der Waals surface area contributed by atoms with Crippen LogP contribution in [0.15, 0.2) is 0 Å². The molecule has 0 atom stereocenters. The summed E-state index contributed by atoms with van der Waals surface area (Å²) in [5.41, 5.74) is 0.579. The smallest absolute Gasteiger partial charge is 0.0100 e. The van der Waals surface area contributed by atoms with Gasteiger partial charge in [-0.15, -0.1) is 0 Å². The SMILES string of the molecule is CC1CCC(N(C)CC2(CBr)CCCCC2)CC1. The van der Waals surface area contributed by atoms with E-state index in [2.05, 4.69) is 34.8 Å². The molecule has 0 aromatic heterocycles. The molecule has 2 heteroatoms. The predicted octanol–water partition coefficient (Wildman–Crippen LogP) is 4.84. The summed E-state index contributed by atoms with van der Waals surface area (Å²) in [5.74, 6) is 0.967. The van der Waals surface area contributed by atoms with Crippen LogP contribution in [0.25, 0.3) is 0 Å². The Hall–Kier alpha value is 0.440. The summed E-state index contributed by atoms with van der Waals surface area (Å²) in [7, 11) is 2.37. The van der Waals surface area contributed by atoms with Gasteiger partial charge in [-0.3, -0.25) is 0 Å². The average Bonchev–Trinajstić information content (AvgIpc) is 2.40. The Labute approximate surface area is 122 Å². The first-order chi connectivity index (χ1) is 8.65. The molecule has 2 fully saturated rings. The Morgan fingerprint density at radius 3 is 2.22 bits per heavy atom. The summed E-state index contributed by atoms with van der Waals surface area (Å²) in [6.07, 6.45) is 13.0. The maximum atomic E-state index is 3.80. The van der Waals surface area contributed by atoms with Gasteiger partial charge in [0.1, 0.15) is 0 Å². The molecular weight excluding hydrogens is 286 g/mol. The van der Waals surface area contributed by atoms with Gasteiger partial charge in [0.2, 0.25) is 0 Å². The van der Waals surface area contributed by atoms with Gasteiger partial charge in [-0.05, 0) is 56.9 Å². The number of nitrogens with zero attached hydrogens (tertiary/aromatic N) is 1. The Morgan fingerprint density at radius 1 is 1.06 bits per heavy atom. The highest BCUT2D eigenvalue weighted by molar-refractivity contribution is 9.09. The number of hydrogen-bond donors (Lipinski definition) is 0. The van der Waals surface area contributed by atoms with Crippen LogP contribution >= 0.6 is 15.9 Å². The first kappa shape index (κ1) is 14.8. The largest absolute Gasteiger partial charge is 0.303 e. The van der Waals surface area contributed by atoms with E-state index in [0.29, 0.717) is 5.41 Å². The van der Waals surface area contributed by atoms with Gasteiger partial charge in [0.25, 0.3) is 0 Å². The highest BCUT2D eigenvalue weighted by Gasteiger charge is 2.34. The zero-order valence-corrected chi connectivity index (χ0v) is 13.8. The van der Waals surface area contributed by atoms with Crippen molar-refractivity contribution in [2.24, 2.45) is 11.3 Å². The molecule has 0 spiro atoms. The number of hydrogen-bond acceptors (Lipinski definition) is 1. The molecule has 2 saturated carbocycles. The van der Waals surface area contributed by atoms with Crippen LogP contribution in [0.5, 0.6) is 0 Å². The molecule has 0 unspecified atom stereocenters. The third-order valence-corrected chi connectivity index (χ3v) is 6.58. The van der Waals surface area contributed by atoms with Crippen molar-refractivity contribution < 1.29 is 0 Å². The summed E-state index contributed by atoms with van der Waals surface area (Å²) in [5, 5.41) is 1.20. The second-order valence-electron chi connectivity index (χ2n) is 7.02. The van der Waals surface area contributed by atoms with Crippen molar-refractivity contribution in [1.82, 2.24) is 4.90 Å². The van der Waals surface area contributed by atoms with Gasteiger partial charge in [0.15, 0.2) is 0 Å². The van der Waals surface area contributed by atoms with Crippen LogP contribution in [0.3, 0.4) is 0 Å². The lowest BCUT2D eigenvalue weighted by molar-refractivity contribution is 0.0912. The second-order valence-corrected chi connectivity index (χ2v) is 7.58. The molecule has 0 saturated heterocycles. The second kappa shape index (κ2) is 6.74. The first-order valence-electron chi connectivity index (χ1n) is 7.91. The van der Waals surface area contributed by atoms with Crippen LogP contribution in [-0.2, 0) is 0 Å². The van der Waals surface area contributed by atoms with Gasteiger partial charge >= 0.3 is 0 Å². The Kier molecular flexibility index (Phi) is 5.56. The fourth-order valence-electron chi connectivity index (χ4n) is 3.98. The normalized spacial score (nSPS) is 32.7. The molecule has 0 radical (unpaired) electrons. The first-order valence-corrected chi connectivity index (χ1v) is 9.03. The summed E-state index contributed by atoms with van der Waals surface area (Å²) in [6.45, 7) is 3.73. The molecule has 0 N–H and O–H groups in total. The van der Waals surface area contributed by atoms with Crippen molar-refractivity contribution in [3.8, 4) is 0 Å². The van der Waals surface area contributed by atoms with Crippen LogP contribution < -0.4 is 0 Å². The summed E-state index contributed by atoms with van der Waals surface area (Å²) in [6, 6.07) is 0.860. The van der Waals surface area contributed by atoms with Crippen LogP contribution in [0.1, 0.15) is 64.7 Å². The number of rotatable bonds is 4. The van der Waals surface area contributed by atoms with Crippen LogP contribution in [0.4, 0.5) is 0 Å². The summed E-state index contributed by atoms with van der Waals surface area (Å²) >= 11 is 3.80. The van der Waals surface area contributed by atoms with E-state index in [1.54, 1.807) is 0 Å². The quantitative estimate of drug-likeness (QED) is 0.671. The summed E-state index contributed by atoms with van der Waals surface area (Å²) in [4.78, 5) is 2.69. The van der Waals surface area contributed by atoms with E-state index < -0.39 is 0 Å². The van der Waals surface area contributed by atoms with Crippen molar-refractivity contribution in [2.45, 2.75) is 70.8 Å². The van der Waals surface area contributed by atoms with Crippen LogP contribution in [-0.4, -0.2) is 29.9 Å². The van der Waals surface area contributed by atoms with Crippen molar-refractivity contribution in [3.05, 3.63) is 0 Å². The number of halogens is 1. The zero-order chi connectivity index (χ0) is 13.0. The van der Waals surface area contributed by atoms with E-state index in [0.717, 1.165) is 12.0 Å². The lowest BCUT2D eigenvalue weighted by Crippen LogP contribution is -2.44. The van der Waals surface area contributed by atoms with Crippen molar-refractivity contribution in [1.29, 1.82) is 0 Å². The lowest BCUT2D eigenvalue weighted by Gasteiger charge is -2.42. The topological polar surface area (TPSA) is 3.24 Å². The fraction of sp³-hybridized carbons (Fsp3) is 1.00. The standard InChI is InChI=1S/C16H30BrN/c1-14-6-8-15(9-7-14)18(2)13-16(12-17)10-4-3-5-11-16/h14-15H,3-13H2,1-2H3. The fourth-order valence-corrected chi connectivity index (χ4v) is 4.72. The van der Waals surface area contributed by atoms with Gasteiger partial charge in [0.05, 0.1) is 0 Å². The van der Waals surface area contributed by atoms with E-state index in [4.69, 9.17) is 0 Å². The van der Waals surface area contributed by atoms with Crippen LogP contribution in [0.2, 0.25) is 0 Å². The van der Waals surface area contributed by atoms with Crippen molar-refractivity contribution in [2.75, 3.05) is 18.9 Å². The number of alkyl halides is 1. The highest BCUT2D eigenvalue weighted by Crippen LogP contribution is 2.39. The Bertz CT molecular complexity index is 239. The minimum Gasteiger partial charge on any atom is -0.303 e. The van der Waals surface area contributed by atoms with E-state index in [1.165, 1.54) is 69.7 Å². The molecule has 2 rings (SSSR count). The summed E-state index contributed by atoms with van der Waals surface area (Å²) < 4.78 is 0. The molecule has 2 aliphatic carbocycles. The molecule has 0 amide bonds. The molecule has 1 nitrogen and oxygen atoms in total. The highest BCUT2D eigenvalue weighted by atomic mass is 79.9. The molecular formula is C16H30BrN. The third kappa shape index (κ3) is 3.72. The van der Waals surface area contributed by atoms with Crippen molar-refractivity contribution >= 4 is 15.9 Å². The maximum absolute atomic E-state index is 3.80. The average molecular weight is 316 g/mol. The van der Waals surface area contributed by atoms with Gasteiger partial charge in [-0.1, -0.05) is 42.1 Å². The Balaban J connectivity index is 1.86. The van der Waals surface area contributed by atoms with E-state index in [9.17, 15) is 0 Å². The van der Waals surface area contributed by atoms with E-state index in [1.807, 2.05) is 0 Å². The zero-order valence-electron chi connectivity index (χ0n) is 12.3. The molecule has 0 aromatic carbocycles. The Morgan fingerprint density at radius 2 is 1.67 bits per heavy atom. The molecule has 106 valence electrons. The molecule has 0 aromatic rings. The van der Waals surface area contributed by atoms with E-state index >= 15 is 0 Å². The third-order valence-electron chi connectivity index (χ3n) is 5.39. The van der Waals surface area contributed by atoms with Gasteiger partial charge in [0, 0.05) is 17.9 Å². The van der Waals surface area contributed by atoms with Gasteiger partial charge in [-0.25, -0.2) is 0 Å². The lowest BCUT2D eigenvalue weighted by atomic mass is 9.75. The molecule has 0 bridgehead atoms. The minimum atomic E-state index is 0.579. The molecule has 2 aliphatic rings. The maximum Gasteiger partial charge on any atom is 0.0100 e. The predicted molar refractivity (Wildman–Crippen MR) is 83.4 cm³/mol. The van der Waals surface area contributed by atoms with Crippen molar-refractivity contribution in [3.63, 3.8) is 0 Å². The minimum absolute atomic E-state index is 0.579. The van der Waals surface area contributed by atoms with Gasteiger partial charge < -0.3 is 4.90 Å². The van der Waals surface area contributed by atoms with Crippen LogP contribution in [0, 0.1) is 11.3 Å². The van der Waals surface area contributed by atoms with E-state index in [-0.39, 0.29) is 0 Å².